The molecule has 0 aromatic heterocycles. The highest BCUT2D eigenvalue weighted by atomic mass is 16.6. The summed E-state index contributed by atoms with van der Waals surface area (Å²) in [5, 5.41) is 7.42. The molecule has 0 aliphatic carbocycles. The van der Waals surface area contributed by atoms with E-state index in [1.165, 1.54) is 0 Å². The maximum atomic E-state index is 12.4. The van der Waals surface area contributed by atoms with E-state index in [4.69, 9.17) is 26.4 Å². The molecule has 2 aromatic carbocycles. The van der Waals surface area contributed by atoms with Gasteiger partial charge in [-0.1, -0.05) is 60.7 Å². The first-order valence-electron chi connectivity index (χ1n) is 6.43. The van der Waals surface area contributed by atoms with Crippen LogP contribution in [0.15, 0.2) is 60.7 Å². The maximum Gasteiger partial charge on any atom is 0.300 e. The van der Waals surface area contributed by atoms with Crippen LogP contribution in [0.4, 0.5) is 0 Å². The molecule has 6 heteroatoms. The lowest BCUT2D eigenvalue weighted by molar-refractivity contribution is -0.134. The fraction of sp³-hybridized carbons (Fsp3) is 0.125. The smallest absolute Gasteiger partial charge is 0.300 e. The van der Waals surface area contributed by atoms with E-state index in [0.717, 1.165) is 6.92 Å². The van der Waals surface area contributed by atoms with Crippen LogP contribution in [-0.2, 0) is 15.4 Å². The highest BCUT2D eigenvalue weighted by Gasteiger charge is 2.37. The zero-order valence-corrected chi connectivity index (χ0v) is 12.1. The van der Waals surface area contributed by atoms with Gasteiger partial charge in [-0.15, -0.1) is 0 Å². The lowest BCUT2D eigenvalue weighted by atomic mass is 9.94. The third-order valence-corrected chi connectivity index (χ3v) is 2.76. The van der Waals surface area contributed by atoms with Crippen LogP contribution in [0.25, 0.3) is 0 Å². The fourth-order valence-electron chi connectivity index (χ4n) is 1.74. The Balaban J connectivity index is 0.000000541. The molecule has 2 aromatic rings. The highest BCUT2D eigenvalue weighted by molar-refractivity contribution is 6.02. The van der Waals surface area contributed by atoms with Crippen LogP contribution in [0.2, 0.25) is 0 Å². The second-order valence-corrected chi connectivity index (χ2v) is 4.43. The molecule has 0 saturated carbocycles. The van der Waals surface area contributed by atoms with E-state index in [-0.39, 0.29) is 5.78 Å². The van der Waals surface area contributed by atoms with Crippen molar-refractivity contribution >= 4 is 11.8 Å². The molecule has 0 aliphatic heterocycles. The van der Waals surface area contributed by atoms with E-state index in [2.05, 4.69) is 0 Å². The predicted octanol–water partition coefficient (Wildman–Crippen LogP) is 1.66. The number of carbonyl (C=O) groups excluding carboxylic acids is 1. The molecule has 2 rings (SSSR count). The van der Waals surface area contributed by atoms with Crippen molar-refractivity contribution in [2.75, 3.05) is 0 Å². The lowest BCUT2D eigenvalue weighted by Crippen LogP contribution is -2.49. The van der Waals surface area contributed by atoms with Crippen molar-refractivity contribution in [3.8, 4) is 0 Å². The van der Waals surface area contributed by atoms with Gasteiger partial charge in [0.25, 0.3) is 5.97 Å². The van der Waals surface area contributed by atoms with Gasteiger partial charge in [0.2, 0.25) is 11.5 Å². The molecule has 0 amide bonds. The van der Waals surface area contributed by atoms with Gasteiger partial charge < -0.3 is 5.11 Å². The molecule has 0 spiro atoms. The molecule has 1 unspecified atom stereocenters. The Bertz CT molecular complexity index is 613. The number of rotatable bonds is 4. The fourth-order valence-corrected chi connectivity index (χ4v) is 1.74. The molecule has 0 radical (unpaired) electrons. The normalized spacial score (nSPS) is 12.5. The topological polar surface area (TPSA) is 116 Å². The van der Waals surface area contributed by atoms with Crippen LogP contribution in [-0.4, -0.2) is 16.9 Å². The first-order valence-corrected chi connectivity index (χ1v) is 6.43. The molecule has 0 aliphatic rings. The largest absolute Gasteiger partial charge is 0.481 e. The number of nitrogens with two attached hydrogens (primary N) is 2. The van der Waals surface area contributed by atoms with Crippen LogP contribution in [0.1, 0.15) is 22.8 Å². The number of carbonyl (C=O) groups is 2. The van der Waals surface area contributed by atoms with Gasteiger partial charge in [-0.05, 0) is 0 Å². The Hall–Kier alpha value is -2.54. The van der Waals surface area contributed by atoms with Gasteiger partial charge in [-0.2, -0.15) is 0 Å². The first kappa shape index (κ1) is 17.5. The van der Waals surface area contributed by atoms with Gasteiger partial charge in [0.15, 0.2) is 0 Å². The minimum Gasteiger partial charge on any atom is -0.481 e. The number of ketones is 1. The van der Waals surface area contributed by atoms with Crippen molar-refractivity contribution in [2.45, 2.75) is 12.6 Å². The average molecular weight is 302 g/mol. The molecule has 5 N–H and O–H groups in total. The van der Waals surface area contributed by atoms with Crippen molar-refractivity contribution in [3.63, 3.8) is 0 Å². The van der Waals surface area contributed by atoms with Crippen LogP contribution >= 0.6 is 0 Å². The standard InChI is InChI=1S/C14H14N2O2.C2H4O2/c15-14(18-16,12-9-5-2-6-10-12)13(17)11-7-3-1-4-8-11;1-2(3)4/h1-10H,15-16H2;1H3,(H,3,4). The summed E-state index contributed by atoms with van der Waals surface area (Å²) in [7, 11) is 0. The zero-order valence-electron chi connectivity index (χ0n) is 12.1. The summed E-state index contributed by atoms with van der Waals surface area (Å²) in [6, 6.07) is 17.5. The summed E-state index contributed by atoms with van der Waals surface area (Å²) < 4.78 is 0. The van der Waals surface area contributed by atoms with Crippen LogP contribution in [0.5, 0.6) is 0 Å². The molecule has 0 saturated heterocycles. The minimum absolute atomic E-state index is 0.378. The molecule has 0 heterocycles. The Morgan fingerprint density at radius 3 is 1.82 bits per heavy atom. The quantitative estimate of drug-likeness (QED) is 0.449. The minimum atomic E-state index is -1.66. The number of hydrogen-bond acceptors (Lipinski definition) is 5. The van der Waals surface area contributed by atoms with Gasteiger partial charge in [0.05, 0.1) is 0 Å². The number of benzene rings is 2. The van der Waals surface area contributed by atoms with E-state index < -0.39 is 11.7 Å². The molecule has 0 fully saturated rings. The molecule has 0 bridgehead atoms. The van der Waals surface area contributed by atoms with Crippen LogP contribution in [0, 0.1) is 0 Å². The Kier molecular flexibility index (Phi) is 6.40. The van der Waals surface area contributed by atoms with Gasteiger partial charge in [-0.25, -0.2) is 5.90 Å². The second-order valence-electron chi connectivity index (χ2n) is 4.43. The Morgan fingerprint density at radius 1 is 1.00 bits per heavy atom. The molecule has 1 atom stereocenters. The number of Topliss-reactive ketones (excluding diaryl/α,β-unsaturated/α-hetero) is 1. The molecular weight excluding hydrogens is 284 g/mol. The summed E-state index contributed by atoms with van der Waals surface area (Å²) in [6.45, 7) is 1.08. The van der Waals surface area contributed by atoms with Crippen molar-refractivity contribution in [1.29, 1.82) is 0 Å². The summed E-state index contributed by atoms with van der Waals surface area (Å²) in [5.74, 6) is 4.02. The van der Waals surface area contributed by atoms with Gasteiger partial charge in [0.1, 0.15) is 0 Å². The summed E-state index contributed by atoms with van der Waals surface area (Å²) in [5.41, 5.74) is 5.30. The van der Waals surface area contributed by atoms with Crippen molar-refractivity contribution in [2.24, 2.45) is 11.6 Å². The molecule has 22 heavy (non-hydrogen) atoms. The molecule has 116 valence electrons. The number of hydrogen-bond donors (Lipinski definition) is 3. The van der Waals surface area contributed by atoms with Gasteiger partial charge >= 0.3 is 0 Å². The van der Waals surface area contributed by atoms with E-state index in [9.17, 15) is 4.79 Å². The lowest BCUT2D eigenvalue weighted by Gasteiger charge is -2.25. The number of aliphatic carboxylic acids is 1. The summed E-state index contributed by atoms with van der Waals surface area (Å²) in [6.07, 6.45) is 0. The summed E-state index contributed by atoms with van der Waals surface area (Å²) >= 11 is 0. The first-order chi connectivity index (χ1) is 10.4. The van der Waals surface area contributed by atoms with Gasteiger partial charge in [0, 0.05) is 18.1 Å². The number of carboxylic acids is 1. The van der Waals surface area contributed by atoms with Crippen LogP contribution < -0.4 is 11.6 Å². The van der Waals surface area contributed by atoms with E-state index >= 15 is 0 Å². The predicted molar refractivity (Wildman–Crippen MR) is 81.7 cm³/mol. The van der Waals surface area contributed by atoms with Crippen molar-refractivity contribution < 1.29 is 19.5 Å². The van der Waals surface area contributed by atoms with Crippen LogP contribution in [0.3, 0.4) is 0 Å². The monoisotopic (exact) mass is 302 g/mol. The van der Waals surface area contributed by atoms with E-state index in [0.29, 0.717) is 11.1 Å². The highest BCUT2D eigenvalue weighted by Crippen LogP contribution is 2.23. The van der Waals surface area contributed by atoms with Crippen molar-refractivity contribution in [3.05, 3.63) is 71.8 Å². The van der Waals surface area contributed by atoms with E-state index in [1.807, 2.05) is 12.1 Å². The molecular formula is C16H18N2O4. The third kappa shape index (κ3) is 4.49. The second kappa shape index (κ2) is 8.04. The summed E-state index contributed by atoms with van der Waals surface area (Å²) in [4.78, 5) is 26.1. The maximum absolute atomic E-state index is 12.4. The zero-order chi connectivity index (χ0) is 16.6. The molecule has 6 nitrogen and oxygen atoms in total. The Labute approximate surface area is 128 Å². The van der Waals surface area contributed by atoms with E-state index in [1.54, 1.807) is 48.5 Å². The van der Waals surface area contributed by atoms with Crippen molar-refractivity contribution in [1.82, 2.24) is 0 Å². The Morgan fingerprint density at radius 2 is 1.41 bits per heavy atom. The average Bonchev–Trinajstić information content (AvgIpc) is 2.54. The SMILES string of the molecule is CC(=O)O.NOC(N)(C(=O)c1ccccc1)c1ccccc1. The number of carboxylic acid groups (broad SMARTS) is 1. The third-order valence-electron chi connectivity index (χ3n) is 2.76. The van der Waals surface area contributed by atoms with Gasteiger partial charge in [-0.3, -0.25) is 20.2 Å².